The second-order valence-corrected chi connectivity index (χ2v) is 7.68. The number of benzene rings is 2. The van der Waals surface area contributed by atoms with Gasteiger partial charge < -0.3 is 14.6 Å². The van der Waals surface area contributed by atoms with Crippen LogP contribution in [0.15, 0.2) is 60.7 Å². The number of ketones is 1. The van der Waals surface area contributed by atoms with E-state index in [1.54, 1.807) is 0 Å². The quantitative estimate of drug-likeness (QED) is 0.699. The summed E-state index contributed by atoms with van der Waals surface area (Å²) in [6.07, 6.45) is -1.16. The Labute approximate surface area is 162 Å². The molecule has 2 aromatic rings. The molecule has 0 radical (unpaired) electrons. The first kappa shape index (κ1) is 19.2. The molecule has 0 unspecified atom stereocenters. The fraction of sp³-hybridized carbons (Fsp3) is 0.381. The van der Waals surface area contributed by atoms with E-state index in [1.807, 2.05) is 60.7 Å². The van der Waals surface area contributed by atoms with E-state index < -0.39 is 12.2 Å². The molecule has 3 rings (SSSR count). The molecule has 138 valence electrons. The predicted octanol–water partition coefficient (Wildman–Crippen LogP) is 3.50. The summed E-state index contributed by atoms with van der Waals surface area (Å²) >= 11 is 3.43. The molecular formula is C21H23BrO4. The van der Waals surface area contributed by atoms with E-state index in [1.165, 1.54) is 0 Å². The van der Waals surface area contributed by atoms with E-state index in [0.29, 0.717) is 26.2 Å². The number of carbonyl (C=O) groups is 1. The number of rotatable bonds is 7. The molecule has 1 aliphatic rings. The molecule has 26 heavy (non-hydrogen) atoms. The standard InChI is InChI=1S/C21H23BrO4/c22-18-11-17(14-25-12-15-7-3-1-4-8-15)19(23)21(20(18)24)26-13-16-9-5-2-6-10-16/h1-10,17-19,21,23H,11-14H2/t17-,18+,19-,21+/m1/s1. The lowest BCUT2D eigenvalue weighted by Crippen LogP contribution is -2.51. The Kier molecular flexibility index (Phi) is 6.97. The van der Waals surface area contributed by atoms with Gasteiger partial charge >= 0.3 is 0 Å². The zero-order chi connectivity index (χ0) is 18.4. The number of hydrogen-bond donors (Lipinski definition) is 1. The zero-order valence-corrected chi connectivity index (χ0v) is 16.0. The number of Topliss-reactive ketones (excluding diaryl/α,β-unsaturated/α-hetero) is 1. The van der Waals surface area contributed by atoms with Gasteiger partial charge in [0.15, 0.2) is 5.78 Å². The van der Waals surface area contributed by atoms with Crippen LogP contribution >= 0.6 is 15.9 Å². The Morgan fingerprint density at radius 2 is 1.54 bits per heavy atom. The molecule has 0 heterocycles. The molecule has 1 fully saturated rings. The largest absolute Gasteiger partial charge is 0.390 e. The molecule has 0 aromatic heterocycles. The minimum atomic E-state index is -0.865. The number of halogens is 1. The van der Waals surface area contributed by atoms with E-state index in [9.17, 15) is 9.90 Å². The van der Waals surface area contributed by atoms with Crippen LogP contribution in [0.25, 0.3) is 0 Å². The van der Waals surface area contributed by atoms with Gasteiger partial charge in [-0.3, -0.25) is 4.79 Å². The summed E-state index contributed by atoms with van der Waals surface area (Å²) in [6, 6.07) is 19.5. The monoisotopic (exact) mass is 418 g/mol. The smallest absolute Gasteiger partial charge is 0.177 e. The Balaban J connectivity index is 1.56. The summed E-state index contributed by atoms with van der Waals surface area (Å²) in [7, 11) is 0. The average Bonchev–Trinajstić information content (AvgIpc) is 2.67. The van der Waals surface area contributed by atoms with Gasteiger partial charge in [-0.05, 0) is 17.5 Å². The van der Waals surface area contributed by atoms with Gasteiger partial charge in [0.2, 0.25) is 0 Å². The second kappa shape index (κ2) is 9.42. The molecular weight excluding hydrogens is 396 g/mol. The van der Waals surface area contributed by atoms with Crippen LogP contribution < -0.4 is 0 Å². The number of ether oxygens (including phenoxy) is 2. The van der Waals surface area contributed by atoms with Crippen molar-refractivity contribution in [3.05, 3.63) is 71.8 Å². The molecule has 1 aliphatic carbocycles. The number of alkyl halides is 1. The third kappa shape index (κ3) is 5.01. The SMILES string of the molecule is O=C1[C@@H](OCc2ccccc2)[C@H](O)[C@@H](COCc2ccccc2)C[C@@H]1Br. The van der Waals surface area contributed by atoms with Crippen molar-refractivity contribution in [3.63, 3.8) is 0 Å². The highest BCUT2D eigenvalue weighted by Crippen LogP contribution is 2.30. The highest BCUT2D eigenvalue weighted by molar-refractivity contribution is 9.10. The van der Waals surface area contributed by atoms with Crippen LogP contribution in [-0.4, -0.2) is 34.5 Å². The fourth-order valence-corrected chi connectivity index (χ4v) is 3.87. The minimum Gasteiger partial charge on any atom is -0.390 e. The van der Waals surface area contributed by atoms with Crippen LogP contribution in [-0.2, 0) is 27.5 Å². The van der Waals surface area contributed by atoms with Crippen molar-refractivity contribution >= 4 is 21.7 Å². The summed E-state index contributed by atoms with van der Waals surface area (Å²) in [4.78, 5) is 12.1. The summed E-state index contributed by atoms with van der Waals surface area (Å²) in [5.74, 6) is -0.255. The summed E-state index contributed by atoms with van der Waals surface area (Å²) in [5.41, 5.74) is 2.06. The number of hydrogen-bond acceptors (Lipinski definition) is 4. The van der Waals surface area contributed by atoms with Crippen molar-refractivity contribution in [2.24, 2.45) is 5.92 Å². The maximum atomic E-state index is 12.4. The van der Waals surface area contributed by atoms with Gasteiger partial charge in [0.1, 0.15) is 6.10 Å². The Morgan fingerprint density at radius 1 is 0.962 bits per heavy atom. The van der Waals surface area contributed by atoms with Gasteiger partial charge in [0, 0.05) is 5.92 Å². The summed E-state index contributed by atoms with van der Waals surface area (Å²) in [5, 5.41) is 10.6. The van der Waals surface area contributed by atoms with Crippen LogP contribution in [0.4, 0.5) is 0 Å². The van der Waals surface area contributed by atoms with Gasteiger partial charge in [0.25, 0.3) is 0 Å². The van der Waals surface area contributed by atoms with Gasteiger partial charge in [-0.15, -0.1) is 0 Å². The molecule has 5 heteroatoms. The van der Waals surface area contributed by atoms with Crippen molar-refractivity contribution in [1.82, 2.24) is 0 Å². The lowest BCUT2D eigenvalue weighted by Gasteiger charge is -2.36. The fourth-order valence-electron chi connectivity index (χ4n) is 3.13. The van der Waals surface area contributed by atoms with E-state index in [2.05, 4.69) is 15.9 Å². The average molecular weight is 419 g/mol. The third-order valence-corrected chi connectivity index (χ3v) is 5.43. The van der Waals surface area contributed by atoms with E-state index in [-0.39, 0.29) is 16.5 Å². The molecule has 0 aliphatic heterocycles. The number of aliphatic hydroxyl groups is 1. The van der Waals surface area contributed by atoms with Gasteiger partial charge in [-0.2, -0.15) is 0 Å². The molecule has 1 saturated carbocycles. The topological polar surface area (TPSA) is 55.8 Å². The highest BCUT2D eigenvalue weighted by atomic mass is 79.9. The van der Waals surface area contributed by atoms with E-state index in [0.717, 1.165) is 11.1 Å². The first-order valence-corrected chi connectivity index (χ1v) is 9.70. The molecule has 0 amide bonds. The molecule has 4 atom stereocenters. The Morgan fingerprint density at radius 3 is 2.15 bits per heavy atom. The summed E-state index contributed by atoms with van der Waals surface area (Å²) in [6.45, 7) is 1.17. The first-order chi connectivity index (χ1) is 12.6. The predicted molar refractivity (Wildman–Crippen MR) is 103 cm³/mol. The third-order valence-electron chi connectivity index (χ3n) is 4.61. The second-order valence-electron chi connectivity index (χ2n) is 6.57. The lowest BCUT2D eigenvalue weighted by molar-refractivity contribution is -0.151. The molecule has 0 bridgehead atoms. The maximum Gasteiger partial charge on any atom is 0.177 e. The van der Waals surface area contributed by atoms with E-state index >= 15 is 0 Å². The Bertz CT molecular complexity index is 692. The van der Waals surface area contributed by atoms with Crippen molar-refractivity contribution in [3.8, 4) is 0 Å². The Hall–Kier alpha value is -1.53. The molecule has 2 aromatic carbocycles. The van der Waals surface area contributed by atoms with Crippen molar-refractivity contribution in [2.45, 2.75) is 36.7 Å². The van der Waals surface area contributed by atoms with Crippen LogP contribution in [0.2, 0.25) is 0 Å². The van der Waals surface area contributed by atoms with Gasteiger partial charge in [-0.25, -0.2) is 0 Å². The van der Waals surface area contributed by atoms with Crippen molar-refractivity contribution in [2.75, 3.05) is 6.61 Å². The highest BCUT2D eigenvalue weighted by Gasteiger charge is 2.43. The summed E-state index contributed by atoms with van der Waals surface area (Å²) < 4.78 is 11.6. The number of carbonyl (C=O) groups excluding carboxylic acids is 1. The first-order valence-electron chi connectivity index (χ1n) is 8.78. The zero-order valence-electron chi connectivity index (χ0n) is 14.5. The van der Waals surface area contributed by atoms with Crippen LogP contribution in [0, 0.1) is 5.92 Å². The normalized spacial score (nSPS) is 26.0. The van der Waals surface area contributed by atoms with E-state index in [4.69, 9.17) is 9.47 Å². The molecule has 4 nitrogen and oxygen atoms in total. The lowest BCUT2D eigenvalue weighted by atomic mass is 9.84. The minimum absolute atomic E-state index is 0.104. The van der Waals surface area contributed by atoms with Gasteiger partial charge in [0.05, 0.1) is 30.8 Å². The van der Waals surface area contributed by atoms with Crippen LogP contribution in [0.3, 0.4) is 0 Å². The van der Waals surface area contributed by atoms with Crippen molar-refractivity contribution in [1.29, 1.82) is 0 Å². The number of aliphatic hydroxyl groups excluding tert-OH is 1. The molecule has 1 N–H and O–H groups in total. The van der Waals surface area contributed by atoms with Crippen molar-refractivity contribution < 1.29 is 19.4 Å². The van der Waals surface area contributed by atoms with Gasteiger partial charge in [-0.1, -0.05) is 76.6 Å². The van der Waals surface area contributed by atoms with Crippen LogP contribution in [0.5, 0.6) is 0 Å². The maximum absolute atomic E-state index is 12.4. The molecule has 0 saturated heterocycles. The molecule has 0 spiro atoms. The van der Waals surface area contributed by atoms with Crippen LogP contribution in [0.1, 0.15) is 17.5 Å².